The van der Waals surface area contributed by atoms with Crippen molar-refractivity contribution in [3.63, 3.8) is 0 Å². The molecule has 0 N–H and O–H groups in total. The van der Waals surface area contributed by atoms with Gasteiger partial charge in [0.1, 0.15) is 17.8 Å². The third kappa shape index (κ3) is 2.04. The van der Waals surface area contributed by atoms with Crippen LogP contribution in [-0.2, 0) is 6.54 Å². The van der Waals surface area contributed by atoms with Gasteiger partial charge in [0.25, 0.3) is 0 Å². The van der Waals surface area contributed by atoms with E-state index >= 15 is 0 Å². The normalized spacial score (nSPS) is 11.3. The summed E-state index contributed by atoms with van der Waals surface area (Å²) in [5.41, 5.74) is 2.70. The molecule has 5 nitrogen and oxygen atoms in total. The molecule has 6 heteroatoms. The Morgan fingerprint density at radius 3 is 3.05 bits per heavy atom. The number of hydrogen-bond acceptors (Lipinski definition) is 6. The van der Waals surface area contributed by atoms with Crippen LogP contribution in [0.5, 0.6) is 0 Å². The third-order valence-corrected chi connectivity index (χ3v) is 4.32. The lowest BCUT2D eigenvalue weighted by Gasteiger charge is -2.17. The Balaban J connectivity index is 1.72. The van der Waals surface area contributed by atoms with Gasteiger partial charge in [-0.3, -0.25) is 0 Å². The maximum atomic E-state index is 5.35. The van der Waals surface area contributed by atoms with Gasteiger partial charge < -0.3 is 9.42 Å². The predicted octanol–water partition coefficient (Wildman–Crippen LogP) is 3.47. The van der Waals surface area contributed by atoms with E-state index in [4.69, 9.17) is 4.52 Å². The molecule has 0 unspecified atom stereocenters. The van der Waals surface area contributed by atoms with Crippen molar-refractivity contribution in [3.05, 3.63) is 47.7 Å². The molecule has 0 aliphatic rings. The molecule has 0 radical (unpaired) electrons. The van der Waals surface area contributed by atoms with Crippen LogP contribution < -0.4 is 4.90 Å². The van der Waals surface area contributed by atoms with E-state index in [1.165, 1.54) is 0 Å². The van der Waals surface area contributed by atoms with Crippen LogP contribution in [0.4, 0.5) is 5.82 Å². The molecule has 0 fully saturated rings. The lowest BCUT2D eigenvalue weighted by atomic mass is 10.2. The zero-order chi connectivity index (χ0) is 14.2. The van der Waals surface area contributed by atoms with E-state index in [1.54, 1.807) is 17.7 Å². The number of thiophene rings is 1. The van der Waals surface area contributed by atoms with Gasteiger partial charge in [-0.15, -0.1) is 11.3 Å². The molecule has 0 aliphatic carbocycles. The van der Waals surface area contributed by atoms with E-state index < -0.39 is 0 Å². The van der Waals surface area contributed by atoms with E-state index in [1.807, 2.05) is 42.8 Å². The Hall–Kier alpha value is -2.47. The molecule has 0 atom stereocenters. The zero-order valence-corrected chi connectivity index (χ0v) is 12.2. The summed E-state index contributed by atoms with van der Waals surface area (Å²) in [6, 6.07) is 9.89. The van der Waals surface area contributed by atoms with E-state index in [9.17, 15) is 0 Å². The molecule has 0 bridgehead atoms. The summed E-state index contributed by atoms with van der Waals surface area (Å²) in [5.74, 6) is 0.919. The van der Waals surface area contributed by atoms with E-state index in [0.29, 0.717) is 6.54 Å². The first-order valence-electron chi connectivity index (χ1n) is 6.55. The first-order chi connectivity index (χ1) is 10.3. The maximum absolute atomic E-state index is 5.35. The second kappa shape index (κ2) is 4.82. The summed E-state index contributed by atoms with van der Waals surface area (Å²) < 4.78 is 6.44. The second-order valence-electron chi connectivity index (χ2n) is 4.81. The zero-order valence-electron chi connectivity index (χ0n) is 11.4. The summed E-state index contributed by atoms with van der Waals surface area (Å²) in [6.07, 6.45) is 1.60. The van der Waals surface area contributed by atoms with Crippen molar-refractivity contribution in [2.24, 2.45) is 0 Å². The van der Waals surface area contributed by atoms with E-state index in [0.717, 1.165) is 32.7 Å². The van der Waals surface area contributed by atoms with Crippen molar-refractivity contribution in [2.75, 3.05) is 11.9 Å². The number of anilines is 1. The van der Waals surface area contributed by atoms with Crippen molar-refractivity contribution < 1.29 is 4.52 Å². The summed E-state index contributed by atoms with van der Waals surface area (Å²) in [4.78, 5) is 10.8. The van der Waals surface area contributed by atoms with Crippen LogP contribution in [0, 0.1) is 0 Å². The molecule has 21 heavy (non-hydrogen) atoms. The van der Waals surface area contributed by atoms with Crippen molar-refractivity contribution in [2.45, 2.75) is 6.54 Å². The standard InChI is InChI=1S/C15H12N4OS/c1-19(15-14-11(6-7-21-14)16-9-17-15)8-12-10-4-2-3-5-13(10)20-18-12/h2-7,9H,8H2,1H3. The first-order valence-corrected chi connectivity index (χ1v) is 7.43. The fourth-order valence-electron chi connectivity index (χ4n) is 2.40. The lowest BCUT2D eigenvalue weighted by molar-refractivity contribution is 0.445. The van der Waals surface area contributed by atoms with E-state index in [2.05, 4.69) is 20.0 Å². The van der Waals surface area contributed by atoms with Crippen LogP contribution in [0.25, 0.3) is 21.2 Å². The van der Waals surface area contributed by atoms with Gasteiger partial charge in [-0.1, -0.05) is 17.3 Å². The number of nitrogens with zero attached hydrogens (tertiary/aromatic N) is 4. The first kappa shape index (κ1) is 12.3. The van der Waals surface area contributed by atoms with Crippen molar-refractivity contribution in [3.8, 4) is 0 Å². The minimum absolute atomic E-state index is 0.640. The molecule has 4 rings (SSSR count). The number of aromatic nitrogens is 3. The van der Waals surface area contributed by atoms with Gasteiger partial charge >= 0.3 is 0 Å². The highest BCUT2D eigenvalue weighted by Crippen LogP contribution is 2.28. The lowest BCUT2D eigenvalue weighted by Crippen LogP contribution is -2.18. The molecule has 4 aromatic rings. The van der Waals surface area contributed by atoms with Gasteiger partial charge in [-0.05, 0) is 23.6 Å². The maximum Gasteiger partial charge on any atom is 0.167 e. The summed E-state index contributed by atoms with van der Waals surface area (Å²) >= 11 is 1.65. The minimum atomic E-state index is 0.640. The SMILES string of the molecule is CN(Cc1noc2ccccc12)c1ncnc2ccsc12. The molecular formula is C15H12N4OS. The van der Waals surface area contributed by atoms with Crippen molar-refractivity contribution >= 4 is 38.3 Å². The van der Waals surface area contributed by atoms with Gasteiger partial charge in [-0.25, -0.2) is 9.97 Å². The molecule has 3 heterocycles. The quantitative estimate of drug-likeness (QED) is 0.579. The molecule has 0 saturated carbocycles. The van der Waals surface area contributed by atoms with Gasteiger partial charge in [0.15, 0.2) is 5.58 Å². The Bertz CT molecular complexity index is 914. The monoisotopic (exact) mass is 296 g/mol. The van der Waals surface area contributed by atoms with Gasteiger partial charge in [0.2, 0.25) is 0 Å². The highest BCUT2D eigenvalue weighted by molar-refractivity contribution is 7.17. The number of benzene rings is 1. The Kier molecular flexibility index (Phi) is 2.82. The second-order valence-corrected chi connectivity index (χ2v) is 5.73. The fraction of sp³-hybridized carbons (Fsp3) is 0.133. The fourth-order valence-corrected chi connectivity index (χ4v) is 3.29. The Morgan fingerprint density at radius 2 is 2.10 bits per heavy atom. The largest absolute Gasteiger partial charge is 0.356 e. The van der Waals surface area contributed by atoms with Crippen LogP contribution in [0.15, 0.2) is 46.6 Å². The van der Waals surface area contributed by atoms with Crippen LogP contribution in [0.3, 0.4) is 0 Å². The Morgan fingerprint density at radius 1 is 1.19 bits per heavy atom. The number of fused-ring (bicyclic) bond motifs is 2. The number of para-hydroxylation sites is 1. The van der Waals surface area contributed by atoms with Crippen molar-refractivity contribution in [1.29, 1.82) is 0 Å². The van der Waals surface area contributed by atoms with Gasteiger partial charge in [0.05, 0.1) is 16.8 Å². The molecule has 1 aromatic carbocycles. The smallest absolute Gasteiger partial charge is 0.167 e. The van der Waals surface area contributed by atoms with Crippen LogP contribution in [-0.4, -0.2) is 22.2 Å². The molecule has 0 spiro atoms. The molecular weight excluding hydrogens is 284 g/mol. The van der Waals surface area contributed by atoms with Crippen LogP contribution in [0.2, 0.25) is 0 Å². The summed E-state index contributed by atoms with van der Waals surface area (Å²) in [5, 5.41) is 7.24. The Labute approximate surface area is 124 Å². The number of rotatable bonds is 3. The van der Waals surface area contributed by atoms with Crippen molar-refractivity contribution in [1.82, 2.24) is 15.1 Å². The topological polar surface area (TPSA) is 55.1 Å². The number of hydrogen-bond donors (Lipinski definition) is 0. The highest BCUT2D eigenvalue weighted by atomic mass is 32.1. The predicted molar refractivity (Wildman–Crippen MR) is 83.5 cm³/mol. The molecule has 3 aromatic heterocycles. The van der Waals surface area contributed by atoms with Gasteiger partial charge in [-0.2, -0.15) is 0 Å². The average molecular weight is 296 g/mol. The van der Waals surface area contributed by atoms with Crippen LogP contribution in [0.1, 0.15) is 5.69 Å². The molecule has 0 aliphatic heterocycles. The van der Waals surface area contributed by atoms with E-state index in [-0.39, 0.29) is 0 Å². The molecule has 0 saturated heterocycles. The highest BCUT2D eigenvalue weighted by Gasteiger charge is 2.14. The third-order valence-electron chi connectivity index (χ3n) is 3.43. The molecule has 0 amide bonds. The molecule has 104 valence electrons. The minimum Gasteiger partial charge on any atom is -0.356 e. The average Bonchev–Trinajstić information content (AvgIpc) is 3.14. The summed E-state index contributed by atoms with van der Waals surface area (Å²) in [6.45, 7) is 0.640. The van der Waals surface area contributed by atoms with Gasteiger partial charge in [0, 0.05) is 12.4 Å². The summed E-state index contributed by atoms with van der Waals surface area (Å²) in [7, 11) is 2.00. The van der Waals surface area contributed by atoms with Crippen LogP contribution >= 0.6 is 11.3 Å².